The molecule has 5 nitrogen and oxygen atoms in total. The molecule has 0 aromatic heterocycles. The highest BCUT2D eigenvalue weighted by Crippen LogP contribution is 2.24. The van der Waals surface area contributed by atoms with Crippen LogP contribution in [0.4, 0.5) is 4.39 Å². The van der Waals surface area contributed by atoms with Gasteiger partial charge in [0.2, 0.25) is 15.9 Å². The molecule has 1 heterocycles. The predicted molar refractivity (Wildman–Crippen MR) is 110 cm³/mol. The number of aryl methyl sites for hydroxylation is 1. The summed E-state index contributed by atoms with van der Waals surface area (Å²) in [5, 5.41) is 3.03. The van der Waals surface area contributed by atoms with Gasteiger partial charge in [-0.05, 0) is 62.4 Å². The molecule has 7 heteroatoms. The van der Waals surface area contributed by atoms with Crippen LogP contribution in [0.5, 0.6) is 0 Å². The lowest BCUT2D eigenvalue weighted by molar-refractivity contribution is -0.126. The maximum absolute atomic E-state index is 13.1. The Balaban J connectivity index is 1.56. The number of carbonyl (C=O) groups excluding carboxylic acids is 1. The average Bonchev–Trinajstić information content (AvgIpc) is 2.73. The zero-order valence-corrected chi connectivity index (χ0v) is 17.4. The second-order valence-corrected chi connectivity index (χ2v) is 9.53. The van der Waals surface area contributed by atoms with Gasteiger partial charge in [0, 0.05) is 19.1 Å². The van der Waals surface area contributed by atoms with Gasteiger partial charge in [-0.2, -0.15) is 4.31 Å². The summed E-state index contributed by atoms with van der Waals surface area (Å²) in [4.78, 5) is 12.7. The molecular formula is C22H27FN2O3S. The van der Waals surface area contributed by atoms with Crippen molar-refractivity contribution in [2.75, 3.05) is 13.1 Å². The van der Waals surface area contributed by atoms with Gasteiger partial charge in [-0.1, -0.05) is 30.3 Å². The molecule has 0 bridgehead atoms. The Morgan fingerprint density at radius 3 is 2.55 bits per heavy atom. The Morgan fingerprint density at radius 1 is 1.17 bits per heavy atom. The molecule has 2 aromatic carbocycles. The summed E-state index contributed by atoms with van der Waals surface area (Å²) in [5.41, 5.74) is 1.22. The molecule has 1 saturated heterocycles. The van der Waals surface area contributed by atoms with Gasteiger partial charge < -0.3 is 5.32 Å². The van der Waals surface area contributed by atoms with E-state index in [-0.39, 0.29) is 29.3 Å². The van der Waals surface area contributed by atoms with Crippen LogP contribution in [-0.4, -0.2) is 37.8 Å². The number of nitrogens with zero attached hydrogens (tertiary/aromatic N) is 1. The summed E-state index contributed by atoms with van der Waals surface area (Å²) >= 11 is 0. The standard InChI is InChI=1S/C22H27FN2O3S/c1-17(9-10-18-6-3-2-4-7-18)24-22(26)19-8-5-15-25(16-19)29(27,28)21-13-11-20(23)12-14-21/h2-4,6-7,11-14,17,19H,5,8-10,15-16H2,1H3,(H,24,26)/t17-,19+/m0/s1. The Labute approximate surface area is 172 Å². The second kappa shape index (κ2) is 9.50. The number of hydrogen-bond donors (Lipinski definition) is 1. The largest absolute Gasteiger partial charge is 0.353 e. The number of rotatable bonds is 7. The molecule has 0 aliphatic carbocycles. The quantitative estimate of drug-likeness (QED) is 0.750. The van der Waals surface area contributed by atoms with Crippen molar-refractivity contribution >= 4 is 15.9 Å². The van der Waals surface area contributed by atoms with Gasteiger partial charge in [-0.25, -0.2) is 12.8 Å². The van der Waals surface area contributed by atoms with Crippen molar-refractivity contribution in [1.29, 1.82) is 0 Å². The van der Waals surface area contributed by atoms with E-state index >= 15 is 0 Å². The molecule has 29 heavy (non-hydrogen) atoms. The summed E-state index contributed by atoms with van der Waals surface area (Å²) in [6.07, 6.45) is 2.97. The molecular weight excluding hydrogens is 391 g/mol. The highest BCUT2D eigenvalue weighted by molar-refractivity contribution is 7.89. The van der Waals surface area contributed by atoms with Crippen LogP contribution in [0, 0.1) is 11.7 Å². The molecule has 2 atom stereocenters. The first kappa shape index (κ1) is 21.5. The lowest BCUT2D eigenvalue weighted by Gasteiger charge is -2.32. The third-order valence-electron chi connectivity index (χ3n) is 5.30. The normalized spacial score (nSPS) is 18.9. The highest BCUT2D eigenvalue weighted by Gasteiger charge is 2.33. The zero-order chi connectivity index (χ0) is 20.9. The number of amides is 1. The number of halogens is 1. The van der Waals surface area contributed by atoms with E-state index in [1.54, 1.807) is 0 Å². The van der Waals surface area contributed by atoms with Gasteiger partial charge in [0.1, 0.15) is 5.82 Å². The minimum Gasteiger partial charge on any atom is -0.353 e. The molecule has 1 aliphatic rings. The van der Waals surface area contributed by atoms with Crippen LogP contribution in [0.2, 0.25) is 0 Å². The fourth-order valence-corrected chi connectivity index (χ4v) is 5.11. The number of sulfonamides is 1. The van der Waals surface area contributed by atoms with Gasteiger partial charge in [0.05, 0.1) is 10.8 Å². The van der Waals surface area contributed by atoms with Gasteiger partial charge in [0.25, 0.3) is 0 Å². The smallest absolute Gasteiger partial charge is 0.243 e. The Bertz CT molecular complexity index is 917. The summed E-state index contributed by atoms with van der Waals surface area (Å²) in [6.45, 7) is 2.49. The first-order valence-electron chi connectivity index (χ1n) is 9.96. The minimum absolute atomic E-state index is 0.00629. The SMILES string of the molecule is C[C@@H](CCc1ccccc1)NC(=O)[C@@H]1CCCN(S(=O)(=O)c2ccc(F)cc2)C1. The molecule has 0 saturated carbocycles. The van der Waals surface area contributed by atoms with Crippen LogP contribution in [0.15, 0.2) is 59.5 Å². The molecule has 3 rings (SSSR count). The van der Waals surface area contributed by atoms with E-state index in [2.05, 4.69) is 17.4 Å². The molecule has 1 aliphatic heterocycles. The first-order chi connectivity index (χ1) is 13.9. The fourth-order valence-electron chi connectivity index (χ4n) is 3.59. The van der Waals surface area contributed by atoms with Crippen LogP contribution in [-0.2, 0) is 21.2 Å². The van der Waals surface area contributed by atoms with Crippen molar-refractivity contribution in [3.63, 3.8) is 0 Å². The Hall–Kier alpha value is -2.25. The van der Waals surface area contributed by atoms with Gasteiger partial charge in [0.15, 0.2) is 0 Å². The minimum atomic E-state index is -3.73. The number of benzene rings is 2. The van der Waals surface area contributed by atoms with E-state index in [1.165, 1.54) is 22.0 Å². The number of hydrogen-bond acceptors (Lipinski definition) is 3. The lowest BCUT2D eigenvalue weighted by Crippen LogP contribution is -2.47. The average molecular weight is 419 g/mol. The summed E-state index contributed by atoms with van der Waals surface area (Å²) in [6, 6.07) is 14.9. The van der Waals surface area contributed by atoms with Crippen molar-refractivity contribution in [2.45, 2.75) is 43.5 Å². The van der Waals surface area contributed by atoms with Gasteiger partial charge in [-0.15, -0.1) is 0 Å². The third-order valence-corrected chi connectivity index (χ3v) is 7.18. The highest BCUT2D eigenvalue weighted by atomic mass is 32.2. The van der Waals surface area contributed by atoms with E-state index in [1.807, 2.05) is 25.1 Å². The third kappa shape index (κ3) is 5.64. The van der Waals surface area contributed by atoms with Crippen molar-refractivity contribution in [2.24, 2.45) is 5.92 Å². The number of nitrogens with one attached hydrogen (secondary N) is 1. The summed E-state index contributed by atoms with van der Waals surface area (Å²) in [7, 11) is -3.73. The van der Waals surface area contributed by atoms with E-state index in [0.29, 0.717) is 19.4 Å². The molecule has 0 spiro atoms. The molecule has 1 fully saturated rings. The molecule has 1 N–H and O–H groups in total. The van der Waals surface area contributed by atoms with Gasteiger partial charge >= 0.3 is 0 Å². The van der Waals surface area contributed by atoms with Gasteiger partial charge in [-0.3, -0.25) is 4.79 Å². The van der Waals surface area contributed by atoms with E-state index in [4.69, 9.17) is 0 Å². The summed E-state index contributed by atoms with van der Waals surface area (Å²) in [5.74, 6) is -0.966. The van der Waals surface area contributed by atoms with Crippen molar-refractivity contribution in [1.82, 2.24) is 9.62 Å². The van der Waals surface area contributed by atoms with E-state index in [0.717, 1.165) is 25.0 Å². The number of piperidine rings is 1. The Kier molecular flexibility index (Phi) is 7.03. The molecule has 2 aromatic rings. The van der Waals surface area contributed by atoms with Crippen molar-refractivity contribution in [3.05, 3.63) is 66.0 Å². The fraction of sp³-hybridized carbons (Fsp3) is 0.409. The maximum atomic E-state index is 13.1. The number of carbonyl (C=O) groups is 1. The second-order valence-electron chi connectivity index (χ2n) is 7.59. The summed E-state index contributed by atoms with van der Waals surface area (Å²) < 4.78 is 40.1. The topological polar surface area (TPSA) is 66.5 Å². The first-order valence-corrected chi connectivity index (χ1v) is 11.4. The monoisotopic (exact) mass is 418 g/mol. The molecule has 0 radical (unpaired) electrons. The Morgan fingerprint density at radius 2 is 1.86 bits per heavy atom. The maximum Gasteiger partial charge on any atom is 0.243 e. The van der Waals surface area contributed by atoms with Crippen molar-refractivity contribution in [3.8, 4) is 0 Å². The van der Waals surface area contributed by atoms with E-state index < -0.39 is 15.8 Å². The van der Waals surface area contributed by atoms with E-state index in [9.17, 15) is 17.6 Å². The molecule has 156 valence electrons. The lowest BCUT2D eigenvalue weighted by atomic mass is 9.98. The van der Waals surface area contributed by atoms with Crippen LogP contribution in [0.25, 0.3) is 0 Å². The van der Waals surface area contributed by atoms with Crippen LogP contribution in [0.3, 0.4) is 0 Å². The van der Waals surface area contributed by atoms with Crippen LogP contribution in [0.1, 0.15) is 31.7 Å². The predicted octanol–water partition coefficient (Wildman–Crippen LogP) is 3.36. The molecule has 0 unspecified atom stereocenters. The molecule has 1 amide bonds. The van der Waals surface area contributed by atoms with Crippen LogP contribution >= 0.6 is 0 Å². The zero-order valence-electron chi connectivity index (χ0n) is 16.6. The van der Waals surface area contributed by atoms with Crippen LogP contribution < -0.4 is 5.32 Å². The van der Waals surface area contributed by atoms with Crippen molar-refractivity contribution < 1.29 is 17.6 Å².